The lowest BCUT2D eigenvalue weighted by Crippen LogP contribution is -2.23. The third-order valence-electron chi connectivity index (χ3n) is 4.69. The van der Waals surface area contributed by atoms with Crippen molar-refractivity contribution in [2.75, 3.05) is 5.32 Å². The summed E-state index contributed by atoms with van der Waals surface area (Å²) < 4.78 is 0. The van der Waals surface area contributed by atoms with E-state index in [9.17, 15) is 5.11 Å². The molecule has 1 aliphatic carbocycles. The largest absolute Gasteiger partial charge is 0.507 e. The number of rotatable bonds is 3. The van der Waals surface area contributed by atoms with E-state index in [1.165, 1.54) is 32.1 Å². The quantitative estimate of drug-likeness (QED) is 0.731. The first-order chi connectivity index (χ1) is 11.8. The first-order valence-corrected chi connectivity index (χ1v) is 8.63. The molecule has 1 fully saturated rings. The number of hydrogen-bond donors (Lipinski definition) is 2. The fourth-order valence-electron chi connectivity index (χ4n) is 3.41. The first kappa shape index (κ1) is 14.9. The standard InChI is InChI=1S/C20H21N3O/c24-18-13-7-5-11-16(18)20-22-17-12-6-4-10-15(17)19(23-20)21-14-8-2-1-3-9-14/h4-7,10-14,24H,1-3,8-9H2,(H,21,22,23). The van der Waals surface area contributed by atoms with Gasteiger partial charge in [0, 0.05) is 11.4 Å². The molecule has 0 spiro atoms. The molecule has 0 bridgehead atoms. The van der Waals surface area contributed by atoms with Crippen molar-refractivity contribution < 1.29 is 5.11 Å². The summed E-state index contributed by atoms with van der Waals surface area (Å²) in [7, 11) is 0. The van der Waals surface area contributed by atoms with E-state index in [-0.39, 0.29) is 5.75 Å². The van der Waals surface area contributed by atoms with Crippen molar-refractivity contribution in [3.05, 3.63) is 48.5 Å². The number of aromatic nitrogens is 2. The predicted molar refractivity (Wildman–Crippen MR) is 97.1 cm³/mol. The number of phenols is 1. The minimum absolute atomic E-state index is 0.205. The number of phenolic OH excluding ortho intramolecular Hbond substituents is 1. The van der Waals surface area contributed by atoms with Gasteiger partial charge in [-0.15, -0.1) is 0 Å². The molecule has 4 rings (SSSR count). The Bertz CT molecular complexity index is 856. The first-order valence-electron chi connectivity index (χ1n) is 8.63. The van der Waals surface area contributed by atoms with E-state index in [2.05, 4.69) is 16.4 Å². The zero-order valence-corrected chi connectivity index (χ0v) is 13.6. The van der Waals surface area contributed by atoms with Gasteiger partial charge in [-0.25, -0.2) is 9.97 Å². The van der Waals surface area contributed by atoms with Gasteiger partial charge in [0.15, 0.2) is 5.82 Å². The van der Waals surface area contributed by atoms with E-state index in [0.717, 1.165) is 16.7 Å². The number of benzene rings is 2. The van der Waals surface area contributed by atoms with E-state index in [1.54, 1.807) is 12.1 Å². The van der Waals surface area contributed by atoms with Gasteiger partial charge in [0.25, 0.3) is 0 Å². The van der Waals surface area contributed by atoms with Crippen molar-refractivity contribution in [3.63, 3.8) is 0 Å². The van der Waals surface area contributed by atoms with E-state index in [4.69, 9.17) is 4.98 Å². The Hall–Kier alpha value is -2.62. The summed E-state index contributed by atoms with van der Waals surface area (Å²) in [5.74, 6) is 1.63. The smallest absolute Gasteiger partial charge is 0.165 e. The highest BCUT2D eigenvalue weighted by Crippen LogP contribution is 2.31. The predicted octanol–water partition coefficient (Wildman–Crippen LogP) is 4.75. The maximum Gasteiger partial charge on any atom is 0.165 e. The molecular weight excluding hydrogens is 298 g/mol. The zero-order valence-electron chi connectivity index (χ0n) is 13.6. The van der Waals surface area contributed by atoms with Crippen molar-refractivity contribution in [1.82, 2.24) is 9.97 Å². The van der Waals surface area contributed by atoms with Crippen LogP contribution in [0.25, 0.3) is 22.3 Å². The maximum absolute atomic E-state index is 10.1. The Morgan fingerprint density at radius 1 is 0.875 bits per heavy atom. The van der Waals surface area contributed by atoms with Crippen LogP contribution in [-0.4, -0.2) is 21.1 Å². The van der Waals surface area contributed by atoms with Gasteiger partial charge in [-0.2, -0.15) is 0 Å². The summed E-state index contributed by atoms with van der Waals surface area (Å²) in [4.78, 5) is 9.39. The molecule has 1 aliphatic rings. The normalized spacial score (nSPS) is 15.5. The lowest BCUT2D eigenvalue weighted by Gasteiger charge is -2.24. The molecule has 0 atom stereocenters. The summed E-state index contributed by atoms with van der Waals surface area (Å²) in [5, 5.41) is 14.8. The van der Waals surface area contributed by atoms with Crippen LogP contribution in [0.1, 0.15) is 32.1 Å². The molecule has 2 aromatic carbocycles. The number of aromatic hydroxyl groups is 1. The molecule has 0 amide bonds. The van der Waals surface area contributed by atoms with Crippen LogP contribution in [0, 0.1) is 0 Å². The van der Waals surface area contributed by atoms with E-state index < -0.39 is 0 Å². The maximum atomic E-state index is 10.1. The van der Waals surface area contributed by atoms with Crippen LogP contribution in [0.4, 0.5) is 5.82 Å². The van der Waals surface area contributed by atoms with Crippen molar-refractivity contribution in [2.45, 2.75) is 38.1 Å². The van der Waals surface area contributed by atoms with Crippen LogP contribution in [0.15, 0.2) is 48.5 Å². The lowest BCUT2D eigenvalue weighted by atomic mass is 9.95. The summed E-state index contributed by atoms with van der Waals surface area (Å²) in [5.41, 5.74) is 1.55. The number of para-hydroxylation sites is 2. The Morgan fingerprint density at radius 2 is 1.62 bits per heavy atom. The molecule has 4 heteroatoms. The lowest BCUT2D eigenvalue weighted by molar-refractivity contribution is 0.462. The third kappa shape index (κ3) is 2.92. The summed E-state index contributed by atoms with van der Waals surface area (Å²) in [6.45, 7) is 0. The zero-order chi connectivity index (χ0) is 16.4. The molecule has 1 heterocycles. The summed E-state index contributed by atoms with van der Waals surface area (Å²) in [6, 6.07) is 15.7. The number of nitrogens with one attached hydrogen (secondary N) is 1. The Balaban J connectivity index is 1.80. The third-order valence-corrected chi connectivity index (χ3v) is 4.69. The fraction of sp³-hybridized carbons (Fsp3) is 0.300. The molecule has 0 radical (unpaired) electrons. The minimum atomic E-state index is 0.205. The molecule has 3 aromatic rings. The van der Waals surface area contributed by atoms with Gasteiger partial charge in [-0.1, -0.05) is 43.5 Å². The van der Waals surface area contributed by atoms with Crippen LogP contribution in [0.2, 0.25) is 0 Å². The molecule has 1 saturated carbocycles. The SMILES string of the molecule is Oc1ccccc1-c1nc(NC2CCCCC2)c2ccccc2n1. The monoisotopic (exact) mass is 319 g/mol. The van der Waals surface area contributed by atoms with Crippen LogP contribution in [0.5, 0.6) is 5.75 Å². The second-order valence-electron chi connectivity index (χ2n) is 6.41. The Morgan fingerprint density at radius 3 is 2.46 bits per heavy atom. The highest BCUT2D eigenvalue weighted by Gasteiger charge is 2.17. The number of hydrogen-bond acceptors (Lipinski definition) is 4. The summed E-state index contributed by atoms with van der Waals surface area (Å²) in [6.07, 6.45) is 6.24. The van der Waals surface area contributed by atoms with Gasteiger partial charge in [0.2, 0.25) is 0 Å². The number of anilines is 1. The van der Waals surface area contributed by atoms with Crippen molar-refractivity contribution in [2.24, 2.45) is 0 Å². The molecule has 0 aliphatic heterocycles. The second-order valence-corrected chi connectivity index (χ2v) is 6.41. The molecule has 0 unspecified atom stereocenters. The van der Waals surface area contributed by atoms with Gasteiger partial charge in [0.05, 0.1) is 11.1 Å². The molecule has 1 aromatic heterocycles. The molecule has 2 N–H and O–H groups in total. The Kier molecular flexibility index (Phi) is 4.03. The summed E-state index contributed by atoms with van der Waals surface area (Å²) >= 11 is 0. The average molecular weight is 319 g/mol. The molecule has 4 nitrogen and oxygen atoms in total. The van der Waals surface area contributed by atoms with E-state index >= 15 is 0 Å². The van der Waals surface area contributed by atoms with Gasteiger partial charge < -0.3 is 10.4 Å². The van der Waals surface area contributed by atoms with Crippen LogP contribution in [-0.2, 0) is 0 Å². The highest BCUT2D eigenvalue weighted by atomic mass is 16.3. The number of nitrogens with zero attached hydrogens (tertiary/aromatic N) is 2. The molecular formula is C20H21N3O. The van der Waals surface area contributed by atoms with Crippen molar-refractivity contribution in [1.29, 1.82) is 0 Å². The topological polar surface area (TPSA) is 58.0 Å². The van der Waals surface area contributed by atoms with Crippen LogP contribution < -0.4 is 5.32 Å². The second kappa shape index (κ2) is 6.48. The van der Waals surface area contributed by atoms with E-state index in [1.807, 2.05) is 30.3 Å². The van der Waals surface area contributed by atoms with Gasteiger partial charge in [0.1, 0.15) is 11.6 Å². The highest BCUT2D eigenvalue weighted by molar-refractivity contribution is 5.91. The van der Waals surface area contributed by atoms with Crippen molar-refractivity contribution in [3.8, 4) is 17.1 Å². The van der Waals surface area contributed by atoms with Crippen molar-refractivity contribution >= 4 is 16.7 Å². The minimum Gasteiger partial charge on any atom is -0.507 e. The van der Waals surface area contributed by atoms with Crippen LogP contribution >= 0.6 is 0 Å². The van der Waals surface area contributed by atoms with Gasteiger partial charge in [-0.05, 0) is 37.1 Å². The average Bonchev–Trinajstić information content (AvgIpc) is 2.63. The number of fused-ring (bicyclic) bond motifs is 1. The van der Waals surface area contributed by atoms with Gasteiger partial charge in [-0.3, -0.25) is 0 Å². The van der Waals surface area contributed by atoms with Gasteiger partial charge >= 0.3 is 0 Å². The molecule has 24 heavy (non-hydrogen) atoms. The van der Waals surface area contributed by atoms with E-state index in [0.29, 0.717) is 17.4 Å². The van der Waals surface area contributed by atoms with Crippen LogP contribution in [0.3, 0.4) is 0 Å². The molecule has 122 valence electrons. The Labute approximate surface area is 141 Å². The molecule has 0 saturated heterocycles. The fourth-order valence-corrected chi connectivity index (χ4v) is 3.41.